The summed E-state index contributed by atoms with van der Waals surface area (Å²) in [5.74, 6) is 1.08. The van der Waals surface area contributed by atoms with E-state index in [4.69, 9.17) is 20.9 Å². The van der Waals surface area contributed by atoms with Crippen molar-refractivity contribution in [1.82, 2.24) is 15.5 Å². The molecule has 3 rings (SSSR count). The predicted octanol–water partition coefficient (Wildman–Crippen LogP) is 3.70. The van der Waals surface area contributed by atoms with Gasteiger partial charge in [0.25, 0.3) is 5.91 Å². The van der Waals surface area contributed by atoms with Crippen molar-refractivity contribution in [2.45, 2.75) is 20.4 Å². The molecule has 1 heterocycles. The minimum absolute atomic E-state index is 0.0879. The number of nitrogens with one attached hydrogen (secondary N) is 1. The molecule has 0 aliphatic carbocycles. The molecule has 1 amide bonds. The van der Waals surface area contributed by atoms with Crippen LogP contribution in [0, 0.1) is 13.8 Å². The first kappa shape index (κ1) is 17.9. The second-order valence-electron chi connectivity index (χ2n) is 5.83. The molecule has 0 saturated heterocycles. The Morgan fingerprint density at radius 3 is 2.81 bits per heavy atom. The molecule has 26 heavy (non-hydrogen) atoms. The number of nitrogens with zero attached hydrogens (tertiary/aromatic N) is 2. The molecule has 2 aromatic carbocycles. The molecule has 6 nitrogen and oxygen atoms in total. The highest BCUT2D eigenvalue weighted by atomic mass is 35.5. The number of aromatic nitrogens is 2. The van der Waals surface area contributed by atoms with Crippen LogP contribution < -0.4 is 10.1 Å². The summed E-state index contributed by atoms with van der Waals surface area (Å²) >= 11 is 6.11. The third-order valence-corrected chi connectivity index (χ3v) is 4.04. The summed E-state index contributed by atoms with van der Waals surface area (Å²) in [4.78, 5) is 16.2. The number of hydrogen-bond acceptors (Lipinski definition) is 5. The third kappa shape index (κ3) is 4.40. The molecule has 0 radical (unpaired) electrons. The van der Waals surface area contributed by atoms with Crippen molar-refractivity contribution >= 4 is 17.5 Å². The molecule has 0 atom stereocenters. The minimum Gasteiger partial charge on any atom is -0.484 e. The van der Waals surface area contributed by atoms with Crippen molar-refractivity contribution in [3.8, 4) is 17.1 Å². The van der Waals surface area contributed by atoms with Gasteiger partial charge in [-0.2, -0.15) is 4.98 Å². The first-order chi connectivity index (χ1) is 12.5. The zero-order valence-corrected chi connectivity index (χ0v) is 15.2. The van der Waals surface area contributed by atoms with E-state index in [2.05, 4.69) is 15.5 Å². The fourth-order valence-corrected chi connectivity index (χ4v) is 2.63. The zero-order chi connectivity index (χ0) is 18.5. The van der Waals surface area contributed by atoms with Crippen LogP contribution in [0.15, 0.2) is 47.0 Å². The summed E-state index contributed by atoms with van der Waals surface area (Å²) in [7, 11) is 0. The molecule has 0 spiro atoms. The van der Waals surface area contributed by atoms with Gasteiger partial charge in [-0.1, -0.05) is 46.6 Å². The van der Waals surface area contributed by atoms with Crippen molar-refractivity contribution in [3.05, 3.63) is 64.5 Å². The van der Waals surface area contributed by atoms with Crippen molar-refractivity contribution in [1.29, 1.82) is 0 Å². The molecule has 1 N–H and O–H groups in total. The number of benzene rings is 2. The maximum Gasteiger partial charge on any atom is 0.258 e. The van der Waals surface area contributed by atoms with Gasteiger partial charge in [-0.3, -0.25) is 4.79 Å². The fourth-order valence-electron chi connectivity index (χ4n) is 2.41. The number of amides is 1. The van der Waals surface area contributed by atoms with Crippen LogP contribution in [0.2, 0.25) is 5.02 Å². The maximum absolute atomic E-state index is 12.0. The molecule has 7 heteroatoms. The van der Waals surface area contributed by atoms with E-state index in [1.54, 1.807) is 12.1 Å². The first-order valence-corrected chi connectivity index (χ1v) is 8.45. The van der Waals surface area contributed by atoms with Crippen LogP contribution >= 0.6 is 11.6 Å². The second kappa shape index (κ2) is 8.01. The van der Waals surface area contributed by atoms with Crippen LogP contribution in [0.5, 0.6) is 5.75 Å². The molecular formula is C19H18ClN3O3. The summed E-state index contributed by atoms with van der Waals surface area (Å²) in [6.07, 6.45) is 0. The van der Waals surface area contributed by atoms with Crippen molar-refractivity contribution < 1.29 is 14.1 Å². The number of ether oxygens (including phenoxy) is 1. The molecule has 0 bridgehead atoms. The number of rotatable bonds is 6. The van der Waals surface area contributed by atoms with Gasteiger partial charge in [0.15, 0.2) is 6.61 Å². The zero-order valence-electron chi connectivity index (χ0n) is 14.5. The highest BCUT2D eigenvalue weighted by Crippen LogP contribution is 2.24. The first-order valence-electron chi connectivity index (χ1n) is 8.07. The Kier molecular flexibility index (Phi) is 5.53. The monoisotopic (exact) mass is 371 g/mol. The molecule has 0 unspecified atom stereocenters. The largest absolute Gasteiger partial charge is 0.484 e. The van der Waals surface area contributed by atoms with Crippen LogP contribution in [0.25, 0.3) is 11.4 Å². The van der Waals surface area contributed by atoms with Gasteiger partial charge >= 0.3 is 0 Å². The Balaban J connectivity index is 1.53. The number of carbonyl (C=O) groups is 1. The molecule has 0 aliphatic heterocycles. The van der Waals surface area contributed by atoms with Crippen LogP contribution in [0.4, 0.5) is 0 Å². The number of hydrogen-bond donors (Lipinski definition) is 1. The molecule has 134 valence electrons. The van der Waals surface area contributed by atoms with E-state index in [9.17, 15) is 4.79 Å². The van der Waals surface area contributed by atoms with Gasteiger partial charge in [-0.05, 0) is 37.6 Å². The van der Waals surface area contributed by atoms with Crippen molar-refractivity contribution in [2.75, 3.05) is 6.61 Å². The van der Waals surface area contributed by atoms with E-state index in [-0.39, 0.29) is 19.1 Å². The Hall–Kier alpha value is -2.86. The van der Waals surface area contributed by atoms with Crippen molar-refractivity contribution in [3.63, 3.8) is 0 Å². The second-order valence-corrected chi connectivity index (χ2v) is 6.23. The molecule has 0 aliphatic rings. The summed E-state index contributed by atoms with van der Waals surface area (Å²) in [5, 5.41) is 7.10. The van der Waals surface area contributed by atoms with E-state index in [1.165, 1.54) is 0 Å². The highest BCUT2D eigenvalue weighted by molar-refractivity contribution is 6.33. The average molecular weight is 372 g/mol. The Bertz CT molecular complexity index is 924. The van der Waals surface area contributed by atoms with Gasteiger partial charge in [-0.25, -0.2) is 0 Å². The van der Waals surface area contributed by atoms with Gasteiger partial charge in [-0.15, -0.1) is 0 Å². The van der Waals surface area contributed by atoms with Gasteiger partial charge in [0.1, 0.15) is 5.75 Å². The smallest absolute Gasteiger partial charge is 0.258 e. The van der Waals surface area contributed by atoms with Crippen LogP contribution in [0.3, 0.4) is 0 Å². The van der Waals surface area contributed by atoms with Crippen molar-refractivity contribution in [2.24, 2.45) is 0 Å². The van der Waals surface area contributed by atoms with Crippen LogP contribution in [-0.4, -0.2) is 22.7 Å². The molecule has 0 fully saturated rings. The van der Waals surface area contributed by atoms with E-state index in [0.717, 1.165) is 11.1 Å². The molecule has 0 saturated carbocycles. The maximum atomic E-state index is 12.0. The standard InChI is InChI=1S/C19H18ClN3O3/c1-12-7-8-16(13(2)9-12)25-11-17(24)21-10-18-22-19(23-26-18)14-5-3-4-6-15(14)20/h3-9H,10-11H2,1-2H3,(H,21,24). The number of halogens is 1. The van der Waals surface area contributed by atoms with E-state index in [1.807, 2.05) is 44.2 Å². The SMILES string of the molecule is Cc1ccc(OCC(=O)NCc2nc(-c3ccccc3Cl)no2)c(C)c1. The summed E-state index contributed by atoms with van der Waals surface area (Å²) in [6.45, 7) is 3.97. The minimum atomic E-state index is -0.275. The lowest BCUT2D eigenvalue weighted by atomic mass is 10.1. The third-order valence-electron chi connectivity index (χ3n) is 3.71. The van der Waals surface area contributed by atoms with Gasteiger partial charge in [0, 0.05) is 5.56 Å². The summed E-state index contributed by atoms with van der Waals surface area (Å²) < 4.78 is 10.7. The topological polar surface area (TPSA) is 77.2 Å². The van der Waals surface area contributed by atoms with Gasteiger partial charge in [0.2, 0.25) is 11.7 Å². The normalized spacial score (nSPS) is 10.6. The van der Waals surface area contributed by atoms with Gasteiger partial charge < -0.3 is 14.6 Å². The lowest BCUT2D eigenvalue weighted by Crippen LogP contribution is -2.28. The summed E-state index contributed by atoms with van der Waals surface area (Å²) in [5.41, 5.74) is 2.80. The number of carbonyl (C=O) groups excluding carboxylic acids is 1. The molecular weight excluding hydrogens is 354 g/mol. The van der Waals surface area contributed by atoms with Crippen LogP contribution in [-0.2, 0) is 11.3 Å². The van der Waals surface area contributed by atoms with Crippen LogP contribution in [0.1, 0.15) is 17.0 Å². The van der Waals surface area contributed by atoms with E-state index < -0.39 is 0 Å². The lowest BCUT2D eigenvalue weighted by molar-refractivity contribution is -0.123. The van der Waals surface area contributed by atoms with E-state index >= 15 is 0 Å². The molecule has 3 aromatic rings. The summed E-state index contributed by atoms with van der Waals surface area (Å²) in [6, 6.07) is 13.0. The lowest BCUT2D eigenvalue weighted by Gasteiger charge is -2.09. The Labute approximate surface area is 156 Å². The quantitative estimate of drug-likeness (QED) is 0.714. The molecule has 1 aromatic heterocycles. The number of aryl methyl sites for hydroxylation is 2. The Morgan fingerprint density at radius 1 is 1.23 bits per heavy atom. The Morgan fingerprint density at radius 2 is 2.04 bits per heavy atom. The average Bonchev–Trinajstić information content (AvgIpc) is 3.08. The van der Waals surface area contributed by atoms with E-state index in [0.29, 0.717) is 28.1 Å². The highest BCUT2D eigenvalue weighted by Gasteiger charge is 2.12. The van der Waals surface area contributed by atoms with Gasteiger partial charge in [0.05, 0.1) is 11.6 Å². The predicted molar refractivity (Wildman–Crippen MR) is 98.0 cm³/mol. The fraction of sp³-hybridized carbons (Fsp3) is 0.211.